The van der Waals surface area contributed by atoms with Crippen LogP contribution in [0.25, 0.3) is 10.4 Å². The number of sulfone groups is 1. The summed E-state index contributed by atoms with van der Waals surface area (Å²) in [6.45, 7) is 4.26. The van der Waals surface area contributed by atoms with Crippen molar-refractivity contribution in [3.8, 4) is 10.4 Å². The summed E-state index contributed by atoms with van der Waals surface area (Å²) >= 11 is 1.33. The Bertz CT molecular complexity index is 1710. The molecule has 206 valence electrons. The fourth-order valence-electron chi connectivity index (χ4n) is 5.02. The number of carbonyl (C=O) groups is 1. The maximum absolute atomic E-state index is 13.3. The molecule has 13 heteroatoms. The largest absolute Gasteiger partial charge is 0.331 e. The van der Waals surface area contributed by atoms with Gasteiger partial charge in [-0.05, 0) is 80.8 Å². The highest BCUT2D eigenvalue weighted by molar-refractivity contribution is 7.93. The second-order valence-electron chi connectivity index (χ2n) is 10.6. The predicted octanol–water partition coefficient (Wildman–Crippen LogP) is 4.32. The molecular weight excluding hydrogens is 559 g/mol. The minimum Gasteiger partial charge on any atom is -0.331 e. The van der Waals surface area contributed by atoms with Crippen LogP contribution in [-0.2, 0) is 26.4 Å². The van der Waals surface area contributed by atoms with Gasteiger partial charge in [0.15, 0.2) is 15.0 Å². The van der Waals surface area contributed by atoms with E-state index in [0.717, 1.165) is 24.0 Å². The van der Waals surface area contributed by atoms with E-state index in [1.807, 2.05) is 19.9 Å². The van der Waals surface area contributed by atoms with Gasteiger partial charge in [0.1, 0.15) is 11.6 Å². The molecule has 3 aromatic rings. The van der Waals surface area contributed by atoms with Gasteiger partial charge in [0.05, 0.1) is 26.3 Å². The first-order valence-electron chi connectivity index (χ1n) is 12.8. The number of amides is 1. The lowest BCUT2D eigenvalue weighted by molar-refractivity contribution is 0.0694. The Morgan fingerprint density at radius 2 is 1.77 bits per heavy atom. The normalized spacial score (nSPS) is 18.2. The summed E-state index contributed by atoms with van der Waals surface area (Å²) in [5.41, 5.74) is 2.37. The van der Waals surface area contributed by atoms with Gasteiger partial charge in [0, 0.05) is 18.8 Å². The number of benzene rings is 1. The molecule has 1 amide bonds. The number of carbonyl (C=O) groups excluding carboxylic acids is 1. The van der Waals surface area contributed by atoms with Gasteiger partial charge in [-0.1, -0.05) is 17.4 Å². The van der Waals surface area contributed by atoms with E-state index in [2.05, 4.69) is 20.0 Å². The lowest BCUT2D eigenvalue weighted by Crippen LogP contribution is -2.35. The molecule has 3 aliphatic rings. The predicted molar refractivity (Wildman–Crippen MR) is 151 cm³/mol. The van der Waals surface area contributed by atoms with E-state index in [9.17, 15) is 21.6 Å². The standard InChI is InChI=1S/C26H29N5O5S3/c1-14-24(37-26(27-14)29-21-5-4-6-22(28-21)30-39(35,36)19-9-10-19)17-11-18-13-31(15(2)16-7-8-16)25(32)23(18)20(12-17)38(3,33)34/h4-6,11-12,15-16,19H,7-10,13H2,1-3H3,(H2,27,28,29,30)/t15-/m0/s1. The molecule has 10 nitrogen and oxygen atoms in total. The van der Waals surface area contributed by atoms with Crippen LogP contribution in [0.5, 0.6) is 0 Å². The van der Waals surface area contributed by atoms with Crippen molar-refractivity contribution < 1.29 is 21.6 Å². The van der Waals surface area contributed by atoms with Gasteiger partial charge in [0.25, 0.3) is 5.91 Å². The van der Waals surface area contributed by atoms with E-state index in [4.69, 9.17) is 0 Å². The minimum absolute atomic E-state index is 0.0464. The number of rotatable bonds is 9. The maximum atomic E-state index is 13.3. The first kappa shape index (κ1) is 26.2. The number of fused-ring (bicyclic) bond motifs is 1. The lowest BCUT2D eigenvalue weighted by Gasteiger charge is -2.24. The molecule has 2 saturated carbocycles. The monoisotopic (exact) mass is 587 g/mol. The fraction of sp³-hybridized carbons (Fsp3) is 0.423. The van der Waals surface area contributed by atoms with E-state index < -0.39 is 19.9 Å². The molecule has 39 heavy (non-hydrogen) atoms. The van der Waals surface area contributed by atoms with Gasteiger partial charge in [-0.25, -0.2) is 26.8 Å². The highest BCUT2D eigenvalue weighted by Crippen LogP contribution is 2.42. The molecule has 6 rings (SSSR count). The minimum atomic E-state index is -3.67. The summed E-state index contributed by atoms with van der Waals surface area (Å²) in [5, 5.41) is 3.30. The highest BCUT2D eigenvalue weighted by Gasteiger charge is 2.41. The zero-order valence-electron chi connectivity index (χ0n) is 21.8. The summed E-state index contributed by atoms with van der Waals surface area (Å²) in [6.07, 6.45) is 4.63. The number of anilines is 3. The molecular formula is C26H29N5O5S3. The summed E-state index contributed by atoms with van der Waals surface area (Å²) in [5.74, 6) is 0.903. The Morgan fingerprint density at radius 3 is 2.44 bits per heavy atom. The lowest BCUT2D eigenvalue weighted by atomic mass is 10.0. The molecule has 0 unspecified atom stereocenters. The number of thiazole rings is 1. The van der Waals surface area contributed by atoms with Crippen molar-refractivity contribution in [3.05, 3.63) is 47.2 Å². The van der Waals surface area contributed by atoms with Gasteiger partial charge < -0.3 is 10.2 Å². The summed E-state index contributed by atoms with van der Waals surface area (Å²) in [6, 6.07) is 8.55. The van der Waals surface area contributed by atoms with Crippen LogP contribution in [0.4, 0.5) is 16.8 Å². The van der Waals surface area contributed by atoms with E-state index in [-0.39, 0.29) is 33.5 Å². The Balaban J connectivity index is 1.30. The molecule has 0 spiro atoms. The molecule has 0 bridgehead atoms. The Kier molecular flexibility index (Phi) is 6.23. The molecule has 2 aliphatic carbocycles. The van der Waals surface area contributed by atoms with Crippen LogP contribution in [0.2, 0.25) is 0 Å². The summed E-state index contributed by atoms with van der Waals surface area (Å²) in [4.78, 5) is 24.9. The van der Waals surface area contributed by atoms with Crippen LogP contribution in [0, 0.1) is 12.8 Å². The SMILES string of the molecule is Cc1nc(Nc2cccc(NS(=O)(=O)C3CC3)n2)sc1-c1cc2c(c(S(C)(=O)=O)c1)C(=O)N([C@@H](C)C1CC1)C2. The molecule has 3 heterocycles. The number of aryl methyl sites for hydroxylation is 1. The molecule has 1 aliphatic heterocycles. The average molecular weight is 588 g/mol. The summed E-state index contributed by atoms with van der Waals surface area (Å²) in [7, 11) is -7.10. The smallest absolute Gasteiger partial charge is 0.256 e. The van der Waals surface area contributed by atoms with Crippen LogP contribution in [-0.4, -0.2) is 55.2 Å². The number of nitrogens with one attached hydrogen (secondary N) is 2. The van der Waals surface area contributed by atoms with Crippen molar-refractivity contribution in [3.63, 3.8) is 0 Å². The number of hydrogen-bond donors (Lipinski definition) is 2. The number of hydrogen-bond acceptors (Lipinski definition) is 9. The third kappa shape index (κ3) is 5.14. The second-order valence-corrected chi connectivity index (χ2v) is 15.5. The van der Waals surface area contributed by atoms with Crippen LogP contribution >= 0.6 is 11.3 Å². The van der Waals surface area contributed by atoms with Gasteiger partial charge in [-0.2, -0.15) is 0 Å². The Labute approximate surface area is 231 Å². The van der Waals surface area contributed by atoms with Gasteiger partial charge in [-0.3, -0.25) is 9.52 Å². The topological polar surface area (TPSA) is 138 Å². The Hall–Kier alpha value is -3.03. The third-order valence-corrected chi connectivity index (χ3v) is 11.5. The Morgan fingerprint density at radius 1 is 1.05 bits per heavy atom. The molecule has 0 radical (unpaired) electrons. The van der Waals surface area contributed by atoms with Crippen molar-refractivity contribution >= 4 is 53.9 Å². The number of nitrogens with zero attached hydrogens (tertiary/aromatic N) is 3. The van der Waals surface area contributed by atoms with Gasteiger partial charge in [0.2, 0.25) is 10.0 Å². The molecule has 1 atom stereocenters. The average Bonchev–Trinajstić information content (AvgIpc) is 3.78. The highest BCUT2D eigenvalue weighted by atomic mass is 32.2. The number of sulfonamides is 1. The molecule has 1 aromatic carbocycles. The van der Waals surface area contributed by atoms with E-state index in [0.29, 0.717) is 53.1 Å². The van der Waals surface area contributed by atoms with Crippen molar-refractivity contribution in [1.29, 1.82) is 0 Å². The van der Waals surface area contributed by atoms with Crippen molar-refractivity contribution in [2.24, 2.45) is 5.92 Å². The van der Waals surface area contributed by atoms with Crippen LogP contribution in [0.1, 0.15) is 54.2 Å². The number of pyridine rings is 1. The fourth-order valence-corrected chi connectivity index (χ4v) is 8.24. The molecule has 0 saturated heterocycles. The number of aromatic nitrogens is 2. The quantitative estimate of drug-likeness (QED) is 0.378. The van der Waals surface area contributed by atoms with Crippen LogP contribution < -0.4 is 10.0 Å². The zero-order valence-corrected chi connectivity index (χ0v) is 24.2. The first-order chi connectivity index (χ1) is 18.4. The second kappa shape index (κ2) is 9.27. The maximum Gasteiger partial charge on any atom is 0.256 e. The van der Waals surface area contributed by atoms with Crippen LogP contribution in [0.3, 0.4) is 0 Å². The van der Waals surface area contributed by atoms with Crippen molar-refractivity contribution in [1.82, 2.24) is 14.9 Å². The first-order valence-corrected chi connectivity index (χ1v) is 17.1. The van der Waals surface area contributed by atoms with Gasteiger partial charge in [-0.15, -0.1) is 0 Å². The van der Waals surface area contributed by atoms with E-state index >= 15 is 0 Å². The van der Waals surface area contributed by atoms with Crippen molar-refractivity contribution in [2.75, 3.05) is 16.3 Å². The van der Waals surface area contributed by atoms with E-state index in [1.54, 1.807) is 29.2 Å². The third-order valence-electron chi connectivity index (χ3n) is 7.45. The van der Waals surface area contributed by atoms with Crippen LogP contribution in [0.15, 0.2) is 35.2 Å². The van der Waals surface area contributed by atoms with Crippen molar-refractivity contribution in [2.45, 2.75) is 62.3 Å². The summed E-state index contributed by atoms with van der Waals surface area (Å²) < 4.78 is 52.7. The molecule has 2 aromatic heterocycles. The zero-order chi connectivity index (χ0) is 27.7. The molecule has 2 fully saturated rings. The molecule has 2 N–H and O–H groups in total. The van der Waals surface area contributed by atoms with E-state index in [1.165, 1.54) is 11.3 Å². The van der Waals surface area contributed by atoms with Gasteiger partial charge >= 0.3 is 0 Å².